The summed E-state index contributed by atoms with van der Waals surface area (Å²) in [6.07, 6.45) is 3.62. The van der Waals surface area contributed by atoms with E-state index in [0.717, 1.165) is 37.8 Å². The van der Waals surface area contributed by atoms with Crippen LogP contribution < -0.4 is 5.32 Å². The van der Waals surface area contributed by atoms with Crippen LogP contribution in [0.15, 0.2) is 24.3 Å². The first-order valence-corrected chi connectivity index (χ1v) is 6.40. The van der Waals surface area contributed by atoms with E-state index in [1.54, 1.807) is 24.3 Å². The van der Waals surface area contributed by atoms with Crippen LogP contribution in [-0.2, 0) is 4.74 Å². The van der Waals surface area contributed by atoms with Crippen molar-refractivity contribution >= 4 is 11.7 Å². The lowest BCUT2D eigenvalue weighted by Crippen LogP contribution is -2.07. The largest absolute Gasteiger partial charge is 0.478 e. The van der Waals surface area contributed by atoms with E-state index in [9.17, 15) is 4.79 Å². The van der Waals surface area contributed by atoms with Crippen LogP contribution in [0.4, 0.5) is 5.69 Å². The smallest absolute Gasteiger partial charge is 0.335 e. The summed E-state index contributed by atoms with van der Waals surface area (Å²) in [4.78, 5) is 10.7. The number of ether oxygens (including phenoxy) is 1. The molecule has 0 aliphatic heterocycles. The number of anilines is 1. The normalized spacial score (nSPS) is 14.4. The number of hydrogen-bond donors (Lipinski definition) is 2. The molecule has 0 saturated heterocycles. The Morgan fingerprint density at radius 1 is 1.33 bits per heavy atom. The fourth-order valence-corrected chi connectivity index (χ4v) is 1.67. The summed E-state index contributed by atoms with van der Waals surface area (Å²) in [6, 6.07) is 6.78. The second-order valence-corrected chi connectivity index (χ2v) is 4.68. The van der Waals surface area contributed by atoms with E-state index in [4.69, 9.17) is 9.84 Å². The number of hydrogen-bond acceptors (Lipinski definition) is 3. The molecular weight excluding hydrogens is 230 g/mol. The highest BCUT2D eigenvalue weighted by Gasteiger charge is 2.20. The van der Waals surface area contributed by atoms with Crippen molar-refractivity contribution < 1.29 is 14.6 Å². The van der Waals surface area contributed by atoms with Gasteiger partial charge in [0.15, 0.2) is 0 Å². The second kappa shape index (κ2) is 6.40. The summed E-state index contributed by atoms with van der Waals surface area (Å²) in [6.45, 7) is 2.54. The third kappa shape index (κ3) is 4.37. The predicted octanol–water partition coefficient (Wildman–Crippen LogP) is 2.61. The van der Waals surface area contributed by atoms with Crippen LogP contribution in [0.2, 0.25) is 0 Å². The second-order valence-electron chi connectivity index (χ2n) is 4.68. The number of carbonyl (C=O) groups is 1. The molecule has 0 bridgehead atoms. The minimum absolute atomic E-state index is 0.313. The van der Waals surface area contributed by atoms with Crippen molar-refractivity contribution in [1.29, 1.82) is 0 Å². The van der Waals surface area contributed by atoms with Crippen molar-refractivity contribution in [2.75, 3.05) is 25.1 Å². The van der Waals surface area contributed by atoms with E-state index in [0.29, 0.717) is 5.56 Å². The van der Waals surface area contributed by atoms with Crippen LogP contribution in [0.5, 0.6) is 0 Å². The number of aromatic carboxylic acids is 1. The summed E-state index contributed by atoms with van der Waals surface area (Å²) in [7, 11) is 0. The summed E-state index contributed by atoms with van der Waals surface area (Å²) >= 11 is 0. The lowest BCUT2D eigenvalue weighted by atomic mass is 10.2. The number of carboxylic acid groups (broad SMARTS) is 1. The van der Waals surface area contributed by atoms with Crippen LogP contribution >= 0.6 is 0 Å². The van der Waals surface area contributed by atoms with Crippen LogP contribution in [0, 0.1) is 5.92 Å². The van der Waals surface area contributed by atoms with Gasteiger partial charge in [-0.15, -0.1) is 0 Å². The zero-order chi connectivity index (χ0) is 12.8. The average molecular weight is 249 g/mol. The standard InChI is InChI=1S/C14H19NO3/c16-14(17)12-4-6-13(7-5-12)15-8-1-9-18-10-11-2-3-11/h4-7,11,15H,1-3,8-10H2,(H,16,17). The molecule has 1 aromatic carbocycles. The fourth-order valence-electron chi connectivity index (χ4n) is 1.67. The monoisotopic (exact) mass is 249 g/mol. The molecule has 2 rings (SSSR count). The molecule has 1 aromatic rings. The molecule has 1 saturated carbocycles. The topological polar surface area (TPSA) is 58.6 Å². The van der Waals surface area contributed by atoms with Crippen molar-refractivity contribution in [3.8, 4) is 0 Å². The van der Waals surface area contributed by atoms with E-state index in [-0.39, 0.29) is 0 Å². The molecule has 0 heterocycles. The third-order valence-corrected chi connectivity index (χ3v) is 2.98. The van der Waals surface area contributed by atoms with Crippen LogP contribution in [0.25, 0.3) is 0 Å². The van der Waals surface area contributed by atoms with Gasteiger partial charge in [-0.1, -0.05) is 0 Å². The van der Waals surface area contributed by atoms with Gasteiger partial charge in [0.2, 0.25) is 0 Å². The van der Waals surface area contributed by atoms with E-state index in [1.165, 1.54) is 12.8 Å². The summed E-state index contributed by atoms with van der Waals surface area (Å²) in [5.74, 6) is -0.0726. The van der Waals surface area contributed by atoms with Crippen molar-refractivity contribution in [3.05, 3.63) is 29.8 Å². The van der Waals surface area contributed by atoms with Gasteiger partial charge in [-0.25, -0.2) is 4.79 Å². The minimum atomic E-state index is -0.893. The Kier molecular flexibility index (Phi) is 4.59. The Morgan fingerprint density at radius 3 is 2.67 bits per heavy atom. The minimum Gasteiger partial charge on any atom is -0.478 e. The first kappa shape index (κ1) is 12.9. The van der Waals surface area contributed by atoms with Gasteiger partial charge in [0, 0.05) is 25.4 Å². The number of carboxylic acids is 1. The van der Waals surface area contributed by atoms with Gasteiger partial charge < -0.3 is 15.2 Å². The summed E-state index contributed by atoms with van der Waals surface area (Å²) < 4.78 is 5.53. The lowest BCUT2D eigenvalue weighted by Gasteiger charge is -2.07. The van der Waals surface area contributed by atoms with Crippen molar-refractivity contribution in [2.45, 2.75) is 19.3 Å². The van der Waals surface area contributed by atoms with Crippen molar-refractivity contribution in [2.24, 2.45) is 5.92 Å². The van der Waals surface area contributed by atoms with Gasteiger partial charge in [-0.3, -0.25) is 0 Å². The molecule has 0 radical (unpaired) electrons. The molecule has 4 nitrogen and oxygen atoms in total. The van der Waals surface area contributed by atoms with Gasteiger partial charge in [0.05, 0.1) is 5.56 Å². The molecule has 18 heavy (non-hydrogen) atoms. The maximum Gasteiger partial charge on any atom is 0.335 e. The molecule has 98 valence electrons. The van der Waals surface area contributed by atoms with Crippen LogP contribution in [0.1, 0.15) is 29.6 Å². The molecule has 1 fully saturated rings. The highest BCUT2D eigenvalue weighted by Crippen LogP contribution is 2.28. The van der Waals surface area contributed by atoms with Crippen LogP contribution in [-0.4, -0.2) is 30.8 Å². The Balaban J connectivity index is 1.58. The van der Waals surface area contributed by atoms with Crippen molar-refractivity contribution in [1.82, 2.24) is 0 Å². The average Bonchev–Trinajstić information content (AvgIpc) is 3.18. The molecular formula is C14H19NO3. The Bertz CT molecular complexity index is 385. The highest BCUT2D eigenvalue weighted by molar-refractivity contribution is 5.87. The molecule has 0 atom stereocenters. The molecule has 2 N–H and O–H groups in total. The van der Waals surface area contributed by atoms with Crippen molar-refractivity contribution in [3.63, 3.8) is 0 Å². The van der Waals surface area contributed by atoms with Gasteiger partial charge >= 0.3 is 5.97 Å². The Labute approximate surface area is 107 Å². The zero-order valence-corrected chi connectivity index (χ0v) is 10.4. The van der Waals surface area contributed by atoms with Gasteiger partial charge in [-0.05, 0) is 49.4 Å². The number of nitrogens with one attached hydrogen (secondary N) is 1. The van der Waals surface area contributed by atoms with E-state index in [2.05, 4.69) is 5.32 Å². The molecule has 0 spiro atoms. The SMILES string of the molecule is O=C(O)c1ccc(NCCCOCC2CC2)cc1. The van der Waals surface area contributed by atoms with E-state index < -0.39 is 5.97 Å². The quantitative estimate of drug-likeness (QED) is 0.695. The van der Waals surface area contributed by atoms with Gasteiger partial charge in [0.25, 0.3) is 0 Å². The molecule has 4 heteroatoms. The lowest BCUT2D eigenvalue weighted by molar-refractivity contribution is 0.0697. The van der Waals surface area contributed by atoms with E-state index in [1.807, 2.05) is 0 Å². The maximum absolute atomic E-state index is 10.7. The van der Waals surface area contributed by atoms with E-state index >= 15 is 0 Å². The molecule has 0 unspecified atom stereocenters. The fraction of sp³-hybridized carbons (Fsp3) is 0.500. The number of rotatable bonds is 8. The molecule has 1 aliphatic rings. The first-order valence-electron chi connectivity index (χ1n) is 6.40. The highest BCUT2D eigenvalue weighted by atomic mass is 16.5. The molecule has 0 amide bonds. The third-order valence-electron chi connectivity index (χ3n) is 2.98. The summed E-state index contributed by atoms with van der Waals surface area (Å²) in [5.41, 5.74) is 1.26. The van der Waals surface area contributed by atoms with Gasteiger partial charge in [-0.2, -0.15) is 0 Å². The maximum atomic E-state index is 10.7. The molecule has 1 aliphatic carbocycles. The number of benzene rings is 1. The van der Waals surface area contributed by atoms with Crippen LogP contribution in [0.3, 0.4) is 0 Å². The summed E-state index contributed by atoms with van der Waals surface area (Å²) in [5, 5.41) is 12.0. The Morgan fingerprint density at radius 2 is 2.06 bits per heavy atom. The Hall–Kier alpha value is -1.55. The first-order chi connectivity index (χ1) is 8.75. The predicted molar refractivity (Wildman–Crippen MR) is 70.1 cm³/mol. The zero-order valence-electron chi connectivity index (χ0n) is 10.4. The van der Waals surface area contributed by atoms with Gasteiger partial charge in [0.1, 0.15) is 0 Å². The molecule has 0 aromatic heterocycles.